The zero-order valence-electron chi connectivity index (χ0n) is 15.2. The van der Waals surface area contributed by atoms with Crippen LogP contribution in [0.4, 0.5) is 0 Å². The van der Waals surface area contributed by atoms with Crippen molar-refractivity contribution in [3.63, 3.8) is 0 Å². The Labute approximate surface area is 173 Å². The smallest absolute Gasteiger partial charge is 0.287 e. The summed E-state index contributed by atoms with van der Waals surface area (Å²) in [5.41, 5.74) is 0.656. The average Bonchev–Trinajstić information content (AvgIpc) is 3.47. The number of carbonyl (C=O) groups excluding carboxylic acids is 1. The first-order valence-electron chi connectivity index (χ1n) is 9.34. The quantitative estimate of drug-likeness (QED) is 0.634. The summed E-state index contributed by atoms with van der Waals surface area (Å²) >= 11 is 12.3. The number of benzene rings is 1. The molecular weight excluding hydrogens is 399 g/mol. The third kappa shape index (κ3) is 3.97. The zero-order chi connectivity index (χ0) is 19.5. The molecule has 1 fully saturated rings. The summed E-state index contributed by atoms with van der Waals surface area (Å²) < 4.78 is 11.3. The molecule has 146 valence electrons. The molecule has 1 saturated heterocycles. The molecule has 0 unspecified atom stereocenters. The number of rotatable bonds is 6. The number of hydrogen-bond donors (Lipinski definition) is 2. The van der Waals surface area contributed by atoms with Crippen molar-refractivity contribution < 1.29 is 18.5 Å². The second-order valence-electron chi connectivity index (χ2n) is 6.91. The van der Waals surface area contributed by atoms with Crippen LogP contribution in [0.15, 0.2) is 57.6 Å². The molecule has 3 heterocycles. The van der Waals surface area contributed by atoms with E-state index in [2.05, 4.69) is 5.32 Å². The molecule has 1 aliphatic rings. The van der Waals surface area contributed by atoms with Crippen molar-refractivity contribution in [2.75, 3.05) is 19.6 Å². The number of likely N-dealkylation sites (tertiary alicyclic amines) is 1. The normalized spacial score (nSPS) is 15.6. The maximum atomic E-state index is 12.6. The predicted octanol–water partition coefficient (Wildman–Crippen LogP) is 4.00. The number of amides is 1. The highest BCUT2D eigenvalue weighted by atomic mass is 35.5. The van der Waals surface area contributed by atoms with Gasteiger partial charge in [-0.25, -0.2) is 0 Å². The Morgan fingerprint density at radius 1 is 1.11 bits per heavy atom. The first-order chi connectivity index (χ1) is 13.6. The maximum Gasteiger partial charge on any atom is 0.287 e. The molecule has 1 atom stereocenters. The van der Waals surface area contributed by atoms with Gasteiger partial charge in [-0.2, -0.15) is 0 Å². The Bertz CT molecular complexity index is 946. The lowest BCUT2D eigenvalue weighted by molar-refractivity contribution is -0.919. The van der Waals surface area contributed by atoms with Gasteiger partial charge < -0.3 is 19.1 Å². The fourth-order valence-electron chi connectivity index (χ4n) is 3.69. The molecule has 0 bridgehead atoms. The Morgan fingerprint density at radius 2 is 1.93 bits per heavy atom. The molecule has 0 saturated carbocycles. The van der Waals surface area contributed by atoms with Gasteiger partial charge in [-0.05, 0) is 36.4 Å². The molecule has 5 nitrogen and oxygen atoms in total. The molecule has 1 amide bonds. The highest BCUT2D eigenvalue weighted by Crippen LogP contribution is 2.34. The molecule has 2 aromatic heterocycles. The van der Waals surface area contributed by atoms with Crippen molar-refractivity contribution in [3.05, 3.63) is 70.3 Å². The third-order valence-electron chi connectivity index (χ3n) is 5.14. The van der Waals surface area contributed by atoms with E-state index in [0.717, 1.165) is 18.8 Å². The summed E-state index contributed by atoms with van der Waals surface area (Å²) in [7, 11) is 0. The summed E-state index contributed by atoms with van der Waals surface area (Å²) in [6, 6.07) is 12.6. The van der Waals surface area contributed by atoms with Gasteiger partial charge in [0.25, 0.3) is 5.91 Å². The number of furan rings is 2. The van der Waals surface area contributed by atoms with Crippen LogP contribution in [0.5, 0.6) is 0 Å². The van der Waals surface area contributed by atoms with Crippen molar-refractivity contribution in [2.24, 2.45) is 0 Å². The van der Waals surface area contributed by atoms with Gasteiger partial charge >= 0.3 is 0 Å². The van der Waals surface area contributed by atoms with Crippen LogP contribution in [-0.2, 0) is 0 Å². The molecule has 0 spiro atoms. The van der Waals surface area contributed by atoms with Crippen LogP contribution >= 0.6 is 23.2 Å². The Balaban J connectivity index is 1.46. The number of hydrogen-bond acceptors (Lipinski definition) is 3. The van der Waals surface area contributed by atoms with E-state index < -0.39 is 0 Å². The van der Waals surface area contributed by atoms with Crippen LogP contribution in [0.1, 0.15) is 35.2 Å². The average molecular weight is 420 g/mol. The van der Waals surface area contributed by atoms with Gasteiger partial charge in [0.2, 0.25) is 0 Å². The fourth-order valence-corrected chi connectivity index (χ4v) is 4.09. The highest BCUT2D eigenvalue weighted by Gasteiger charge is 2.30. The van der Waals surface area contributed by atoms with Crippen molar-refractivity contribution in [3.8, 4) is 11.3 Å². The summed E-state index contributed by atoms with van der Waals surface area (Å²) in [4.78, 5) is 14.1. The summed E-state index contributed by atoms with van der Waals surface area (Å²) in [6.07, 6.45) is 4.07. The molecular formula is C21H21Cl2N2O3+. The number of carbonyl (C=O) groups is 1. The van der Waals surface area contributed by atoms with Gasteiger partial charge in [0, 0.05) is 18.4 Å². The van der Waals surface area contributed by atoms with Gasteiger partial charge in [-0.15, -0.1) is 0 Å². The van der Waals surface area contributed by atoms with Gasteiger partial charge in [0.05, 0.1) is 35.9 Å². The Morgan fingerprint density at radius 3 is 2.68 bits per heavy atom. The zero-order valence-corrected chi connectivity index (χ0v) is 16.7. The van der Waals surface area contributed by atoms with Crippen LogP contribution < -0.4 is 10.2 Å². The molecule has 7 heteroatoms. The fraction of sp³-hybridized carbons (Fsp3) is 0.286. The first kappa shape index (κ1) is 19.1. The van der Waals surface area contributed by atoms with Gasteiger partial charge in [-0.3, -0.25) is 4.79 Å². The molecule has 3 aromatic rings. The minimum atomic E-state index is -0.264. The lowest BCUT2D eigenvalue weighted by Crippen LogP contribution is -3.11. The topological polar surface area (TPSA) is 59.8 Å². The molecule has 0 aliphatic carbocycles. The maximum absolute atomic E-state index is 12.6. The van der Waals surface area contributed by atoms with Crippen molar-refractivity contribution >= 4 is 29.1 Å². The summed E-state index contributed by atoms with van der Waals surface area (Å²) in [6.45, 7) is 2.65. The lowest BCUT2D eigenvalue weighted by Gasteiger charge is -2.22. The number of nitrogens with one attached hydrogen (secondary N) is 2. The predicted molar refractivity (Wildman–Crippen MR) is 108 cm³/mol. The number of quaternary nitrogens is 1. The molecule has 0 radical (unpaired) electrons. The minimum absolute atomic E-state index is 0.0956. The molecule has 4 rings (SSSR count). The van der Waals surface area contributed by atoms with E-state index in [9.17, 15) is 4.79 Å². The van der Waals surface area contributed by atoms with Gasteiger partial charge in [-0.1, -0.05) is 29.3 Å². The monoisotopic (exact) mass is 419 g/mol. The van der Waals surface area contributed by atoms with Gasteiger partial charge in [0.15, 0.2) is 17.6 Å². The van der Waals surface area contributed by atoms with Crippen molar-refractivity contribution in [2.45, 2.75) is 18.9 Å². The van der Waals surface area contributed by atoms with Crippen LogP contribution in [0.3, 0.4) is 0 Å². The van der Waals surface area contributed by atoms with Gasteiger partial charge in [0.1, 0.15) is 5.76 Å². The van der Waals surface area contributed by atoms with E-state index in [-0.39, 0.29) is 17.7 Å². The Hall–Kier alpha value is -2.21. The summed E-state index contributed by atoms with van der Waals surface area (Å²) in [5.74, 6) is 1.37. The second kappa shape index (κ2) is 8.43. The largest absolute Gasteiger partial charge is 0.463 e. The van der Waals surface area contributed by atoms with E-state index >= 15 is 0 Å². The van der Waals surface area contributed by atoms with Crippen LogP contribution in [0, 0.1) is 0 Å². The van der Waals surface area contributed by atoms with Crippen LogP contribution in [0.25, 0.3) is 11.3 Å². The van der Waals surface area contributed by atoms with E-state index in [1.165, 1.54) is 17.7 Å². The lowest BCUT2D eigenvalue weighted by atomic mass is 10.2. The minimum Gasteiger partial charge on any atom is -0.463 e. The molecule has 28 heavy (non-hydrogen) atoms. The summed E-state index contributed by atoms with van der Waals surface area (Å²) in [5, 5.41) is 3.83. The first-order valence-corrected chi connectivity index (χ1v) is 10.1. The highest BCUT2D eigenvalue weighted by molar-refractivity contribution is 6.43. The van der Waals surface area contributed by atoms with E-state index in [1.807, 2.05) is 12.1 Å². The number of halogens is 2. The van der Waals surface area contributed by atoms with Crippen LogP contribution in [0.2, 0.25) is 10.0 Å². The Kier molecular flexibility index (Phi) is 5.76. The van der Waals surface area contributed by atoms with Crippen molar-refractivity contribution in [1.29, 1.82) is 0 Å². The standard InChI is InChI=1S/C21H20Cl2N2O3/c22-15-6-3-5-14(20(15)23)17-8-9-19(28-17)21(26)24-13-16(18-7-4-12-27-18)25-10-1-2-11-25/h3-9,12,16H,1-2,10-11,13H2,(H,24,26)/p+1/t16-/m1/s1. The second-order valence-corrected chi connectivity index (χ2v) is 7.69. The molecule has 1 aliphatic heterocycles. The van der Waals surface area contributed by atoms with Crippen molar-refractivity contribution in [1.82, 2.24) is 5.32 Å². The third-order valence-corrected chi connectivity index (χ3v) is 5.96. The van der Waals surface area contributed by atoms with Crippen LogP contribution in [-0.4, -0.2) is 25.5 Å². The molecule has 1 aromatic carbocycles. The van der Waals surface area contributed by atoms with E-state index in [1.54, 1.807) is 36.6 Å². The molecule has 2 N–H and O–H groups in total. The SMILES string of the molecule is O=C(NC[C@H](c1ccco1)[NH+]1CCCC1)c1ccc(-c2cccc(Cl)c2Cl)o1. The van der Waals surface area contributed by atoms with E-state index in [4.69, 9.17) is 32.0 Å². The van der Waals surface area contributed by atoms with E-state index in [0.29, 0.717) is 27.9 Å².